The van der Waals surface area contributed by atoms with E-state index in [1.165, 1.54) is 9.70 Å². The number of rotatable bonds is 2. The van der Waals surface area contributed by atoms with Crippen LogP contribution in [0.5, 0.6) is 0 Å². The predicted molar refractivity (Wildman–Crippen MR) is 69.8 cm³/mol. The summed E-state index contributed by atoms with van der Waals surface area (Å²) in [6.45, 7) is 0. The number of nitrogens with one attached hydrogen (secondary N) is 1. The van der Waals surface area contributed by atoms with Gasteiger partial charge in [0.1, 0.15) is 0 Å². The number of hydrogen-bond donors (Lipinski definition) is 1. The van der Waals surface area contributed by atoms with Crippen LogP contribution in [-0.4, -0.2) is 38.1 Å². The SMILES string of the molecule is CN(C(=O)c1ccc2c[nH]nc2c1)c1cnn(C)n1. The third kappa shape index (κ3) is 1.95. The molecule has 7 nitrogen and oxygen atoms in total. The van der Waals surface area contributed by atoms with Crippen LogP contribution in [0, 0.1) is 0 Å². The highest BCUT2D eigenvalue weighted by molar-refractivity contribution is 6.06. The zero-order chi connectivity index (χ0) is 13.4. The molecule has 0 aliphatic rings. The number of aromatic nitrogens is 5. The van der Waals surface area contributed by atoms with E-state index in [0.717, 1.165) is 10.9 Å². The number of benzene rings is 1. The lowest BCUT2D eigenvalue weighted by Gasteiger charge is -2.13. The van der Waals surface area contributed by atoms with Gasteiger partial charge in [0.2, 0.25) is 0 Å². The summed E-state index contributed by atoms with van der Waals surface area (Å²) in [6.07, 6.45) is 3.33. The lowest BCUT2D eigenvalue weighted by atomic mass is 10.1. The summed E-state index contributed by atoms with van der Waals surface area (Å²) in [5, 5.41) is 15.9. The number of anilines is 1. The highest BCUT2D eigenvalue weighted by Crippen LogP contribution is 2.16. The Hall–Kier alpha value is -2.70. The van der Waals surface area contributed by atoms with Crippen molar-refractivity contribution in [3.05, 3.63) is 36.2 Å². The van der Waals surface area contributed by atoms with Gasteiger partial charge in [-0.3, -0.25) is 14.8 Å². The van der Waals surface area contributed by atoms with Crippen LogP contribution in [0.2, 0.25) is 0 Å². The maximum absolute atomic E-state index is 12.3. The van der Waals surface area contributed by atoms with Gasteiger partial charge >= 0.3 is 0 Å². The maximum Gasteiger partial charge on any atom is 0.259 e. The van der Waals surface area contributed by atoms with Gasteiger partial charge in [0, 0.05) is 31.2 Å². The molecule has 0 saturated heterocycles. The normalized spacial score (nSPS) is 10.8. The summed E-state index contributed by atoms with van der Waals surface area (Å²) < 4.78 is 0. The monoisotopic (exact) mass is 256 g/mol. The second-order valence-corrected chi connectivity index (χ2v) is 4.22. The zero-order valence-electron chi connectivity index (χ0n) is 10.5. The molecule has 0 spiro atoms. The molecule has 1 amide bonds. The smallest absolute Gasteiger partial charge is 0.259 e. The first-order valence-corrected chi connectivity index (χ1v) is 5.73. The Labute approximate surface area is 108 Å². The van der Waals surface area contributed by atoms with Gasteiger partial charge in [-0.05, 0) is 12.1 Å². The highest BCUT2D eigenvalue weighted by Gasteiger charge is 2.16. The molecule has 0 fully saturated rings. The average molecular weight is 256 g/mol. The lowest BCUT2D eigenvalue weighted by molar-refractivity contribution is 0.0992. The first kappa shape index (κ1) is 11.4. The number of nitrogens with zero attached hydrogens (tertiary/aromatic N) is 5. The molecule has 3 aromatic rings. The van der Waals surface area contributed by atoms with Gasteiger partial charge in [-0.1, -0.05) is 6.07 Å². The Morgan fingerprint density at radius 3 is 3.00 bits per heavy atom. The van der Waals surface area contributed by atoms with E-state index < -0.39 is 0 Å². The molecule has 19 heavy (non-hydrogen) atoms. The van der Waals surface area contributed by atoms with Crippen molar-refractivity contribution in [3.63, 3.8) is 0 Å². The number of amides is 1. The first-order valence-electron chi connectivity index (χ1n) is 5.73. The fourth-order valence-corrected chi connectivity index (χ4v) is 1.85. The molecule has 96 valence electrons. The number of H-pyrrole nitrogens is 1. The Morgan fingerprint density at radius 1 is 1.42 bits per heavy atom. The third-order valence-electron chi connectivity index (χ3n) is 2.92. The van der Waals surface area contributed by atoms with E-state index in [0.29, 0.717) is 11.4 Å². The van der Waals surface area contributed by atoms with Crippen LogP contribution in [0.15, 0.2) is 30.6 Å². The topological polar surface area (TPSA) is 79.7 Å². The van der Waals surface area contributed by atoms with Crippen molar-refractivity contribution in [2.75, 3.05) is 11.9 Å². The molecular formula is C12H12N6O. The van der Waals surface area contributed by atoms with E-state index in [-0.39, 0.29) is 5.91 Å². The van der Waals surface area contributed by atoms with Gasteiger partial charge in [0.25, 0.3) is 5.91 Å². The van der Waals surface area contributed by atoms with Crippen molar-refractivity contribution >= 4 is 22.6 Å². The molecule has 0 aliphatic heterocycles. The van der Waals surface area contributed by atoms with Crippen LogP contribution < -0.4 is 4.90 Å². The fourth-order valence-electron chi connectivity index (χ4n) is 1.85. The number of aryl methyl sites for hydroxylation is 1. The molecular weight excluding hydrogens is 244 g/mol. The minimum atomic E-state index is -0.148. The van der Waals surface area contributed by atoms with Gasteiger partial charge < -0.3 is 0 Å². The van der Waals surface area contributed by atoms with E-state index in [9.17, 15) is 4.79 Å². The van der Waals surface area contributed by atoms with Crippen molar-refractivity contribution in [2.45, 2.75) is 0 Å². The minimum absolute atomic E-state index is 0.148. The van der Waals surface area contributed by atoms with E-state index in [2.05, 4.69) is 20.4 Å². The van der Waals surface area contributed by atoms with Crippen molar-refractivity contribution in [2.24, 2.45) is 7.05 Å². The molecule has 1 aromatic carbocycles. The summed E-state index contributed by atoms with van der Waals surface area (Å²) in [6, 6.07) is 5.38. The largest absolute Gasteiger partial charge is 0.293 e. The van der Waals surface area contributed by atoms with Crippen molar-refractivity contribution in [1.82, 2.24) is 25.2 Å². The summed E-state index contributed by atoms with van der Waals surface area (Å²) >= 11 is 0. The lowest BCUT2D eigenvalue weighted by Crippen LogP contribution is -2.26. The Kier molecular flexibility index (Phi) is 2.52. The van der Waals surface area contributed by atoms with E-state index in [1.807, 2.05) is 6.07 Å². The quantitative estimate of drug-likeness (QED) is 0.740. The number of fused-ring (bicyclic) bond motifs is 1. The summed E-state index contributed by atoms with van der Waals surface area (Å²) in [5.74, 6) is 0.361. The Balaban J connectivity index is 1.94. The van der Waals surface area contributed by atoms with Crippen molar-refractivity contribution < 1.29 is 4.79 Å². The van der Waals surface area contributed by atoms with Crippen LogP contribution in [0.3, 0.4) is 0 Å². The van der Waals surface area contributed by atoms with Gasteiger partial charge in [-0.25, -0.2) is 0 Å². The molecule has 0 unspecified atom stereocenters. The molecule has 3 rings (SSSR count). The molecule has 0 atom stereocenters. The van der Waals surface area contributed by atoms with Crippen LogP contribution in [0.4, 0.5) is 5.82 Å². The van der Waals surface area contributed by atoms with Crippen LogP contribution >= 0.6 is 0 Å². The van der Waals surface area contributed by atoms with Crippen LogP contribution in [0.1, 0.15) is 10.4 Å². The number of carbonyl (C=O) groups is 1. The Bertz CT molecular complexity index is 743. The maximum atomic E-state index is 12.3. The fraction of sp³-hybridized carbons (Fsp3) is 0.167. The highest BCUT2D eigenvalue weighted by atomic mass is 16.2. The number of carbonyl (C=O) groups excluding carboxylic acids is 1. The van der Waals surface area contributed by atoms with Gasteiger partial charge in [-0.2, -0.15) is 15.0 Å². The first-order chi connectivity index (χ1) is 9.15. The predicted octanol–water partition coefficient (Wildman–Crippen LogP) is 0.968. The molecule has 0 saturated carbocycles. The van der Waals surface area contributed by atoms with Crippen molar-refractivity contribution in [3.8, 4) is 0 Å². The zero-order valence-corrected chi connectivity index (χ0v) is 10.5. The molecule has 2 heterocycles. The van der Waals surface area contributed by atoms with Gasteiger partial charge in [0.15, 0.2) is 5.82 Å². The standard InChI is InChI=1S/C12H12N6O/c1-17(11-7-14-18(2)16-11)12(19)8-3-4-9-6-13-15-10(9)5-8/h3-7H,1-2H3,(H,13,15). The number of hydrogen-bond acceptors (Lipinski definition) is 4. The summed E-state index contributed by atoms with van der Waals surface area (Å²) in [7, 11) is 3.37. The van der Waals surface area contributed by atoms with Crippen molar-refractivity contribution in [1.29, 1.82) is 0 Å². The molecule has 0 bridgehead atoms. The second kappa shape index (κ2) is 4.20. The summed E-state index contributed by atoms with van der Waals surface area (Å²) in [4.78, 5) is 15.2. The van der Waals surface area contributed by atoms with E-state index >= 15 is 0 Å². The van der Waals surface area contributed by atoms with E-state index in [1.54, 1.807) is 38.6 Å². The average Bonchev–Trinajstić information content (AvgIpc) is 3.04. The Morgan fingerprint density at radius 2 is 2.26 bits per heavy atom. The molecule has 1 N–H and O–H groups in total. The van der Waals surface area contributed by atoms with Gasteiger partial charge in [-0.15, -0.1) is 5.10 Å². The second-order valence-electron chi connectivity index (χ2n) is 4.22. The molecule has 2 aromatic heterocycles. The van der Waals surface area contributed by atoms with E-state index in [4.69, 9.17) is 0 Å². The third-order valence-corrected chi connectivity index (χ3v) is 2.92. The van der Waals surface area contributed by atoms with Crippen LogP contribution in [0.25, 0.3) is 10.9 Å². The van der Waals surface area contributed by atoms with Gasteiger partial charge in [0.05, 0.1) is 11.7 Å². The van der Waals surface area contributed by atoms with Crippen LogP contribution in [-0.2, 0) is 7.05 Å². The molecule has 0 aliphatic carbocycles. The molecule has 0 radical (unpaired) electrons. The summed E-state index contributed by atoms with van der Waals surface area (Å²) in [5.41, 5.74) is 1.33. The minimum Gasteiger partial charge on any atom is -0.293 e. The number of aromatic amines is 1. The molecule has 7 heteroatoms.